The van der Waals surface area contributed by atoms with E-state index in [9.17, 15) is 9.59 Å². The fraction of sp³-hybridized carbons (Fsp3) is 0.154. The van der Waals surface area contributed by atoms with E-state index in [2.05, 4.69) is 27.9 Å². The first kappa shape index (κ1) is 26.6. The zero-order valence-electron chi connectivity index (χ0n) is 19.0. The molecule has 1 aliphatic rings. The zero-order chi connectivity index (χ0) is 25.8. The molecule has 1 N–H and O–H groups in total. The van der Waals surface area contributed by atoms with Gasteiger partial charge in [0.2, 0.25) is 0 Å². The van der Waals surface area contributed by atoms with E-state index in [-0.39, 0.29) is 18.8 Å². The average Bonchev–Trinajstić information content (AvgIpc) is 3.08. The third-order valence-corrected chi connectivity index (χ3v) is 6.89. The Balaban J connectivity index is 1.55. The number of imide groups is 1. The van der Waals surface area contributed by atoms with Crippen molar-refractivity contribution >= 4 is 75.4 Å². The summed E-state index contributed by atoms with van der Waals surface area (Å²) < 4.78 is 12.6. The minimum atomic E-state index is -0.485. The lowest BCUT2D eigenvalue weighted by Gasteiger charge is -2.15. The summed E-state index contributed by atoms with van der Waals surface area (Å²) in [5.41, 5.74) is 2.43. The van der Waals surface area contributed by atoms with Crippen LogP contribution in [0.5, 0.6) is 11.5 Å². The lowest BCUT2D eigenvalue weighted by atomic mass is 10.1. The summed E-state index contributed by atoms with van der Waals surface area (Å²) in [6.07, 6.45) is 1.62. The molecule has 0 aromatic heterocycles. The molecular weight excluding hydrogens is 638 g/mol. The highest BCUT2D eigenvalue weighted by Gasteiger charge is 2.33. The second-order valence-corrected chi connectivity index (χ2v) is 10.2. The van der Waals surface area contributed by atoms with Crippen LogP contribution in [0.2, 0.25) is 15.1 Å². The number of nitrogens with one attached hydrogen (secondary N) is 1. The number of benzene rings is 3. The van der Waals surface area contributed by atoms with E-state index < -0.39 is 11.9 Å². The molecule has 3 aromatic carbocycles. The minimum absolute atomic E-state index is 0.140. The van der Waals surface area contributed by atoms with Crippen molar-refractivity contribution in [2.24, 2.45) is 0 Å². The number of hydrogen-bond donors (Lipinski definition) is 1. The maximum absolute atomic E-state index is 12.9. The number of amides is 3. The van der Waals surface area contributed by atoms with Crippen LogP contribution in [0.15, 0.2) is 60.3 Å². The van der Waals surface area contributed by atoms with E-state index in [0.29, 0.717) is 38.7 Å². The van der Waals surface area contributed by atoms with Gasteiger partial charge in [0.25, 0.3) is 5.91 Å². The standard InChI is InChI=1S/C26H20Cl3IN2O4/c1-2-35-23-11-16(9-21(30)24(23)36-14-17-5-8-19(28)12-20(17)29)10-22-25(33)32(26(34)31-22)13-15-3-6-18(27)7-4-15/h3-12H,2,13-14H2,1H3,(H,31,34)/b22-10-. The van der Waals surface area contributed by atoms with Gasteiger partial charge in [-0.25, -0.2) is 4.79 Å². The van der Waals surface area contributed by atoms with E-state index >= 15 is 0 Å². The minimum Gasteiger partial charge on any atom is -0.490 e. The van der Waals surface area contributed by atoms with Crippen molar-refractivity contribution < 1.29 is 19.1 Å². The van der Waals surface area contributed by atoms with Crippen LogP contribution in [-0.4, -0.2) is 23.4 Å². The van der Waals surface area contributed by atoms with Gasteiger partial charge >= 0.3 is 6.03 Å². The molecule has 0 aliphatic carbocycles. The smallest absolute Gasteiger partial charge is 0.329 e. The van der Waals surface area contributed by atoms with Crippen LogP contribution >= 0.6 is 57.4 Å². The third-order valence-electron chi connectivity index (χ3n) is 5.25. The summed E-state index contributed by atoms with van der Waals surface area (Å²) in [7, 11) is 0. The number of carbonyl (C=O) groups is 2. The van der Waals surface area contributed by atoms with Crippen LogP contribution in [-0.2, 0) is 17.9 Å². The second kappa shape index (κ2) is 11.7. The molecule has 3 amide bonds. The van der Waals surface area contributed by atoms with Gasteiger partial charge in [-0.1, -0.05) is 53.0 Å². The van der Waals surface area contributed by atoms with Gasteiger partial charge in [0, 0.05) is 20.6 Å². The van der Waals surface area contributed by atoms with Gasteiger partial charge in [-0.2, -0.15) is 0 Å². The summed E-state index contributed by atoms with van der Waals surface area (Å²) in [6.45, 7) is 2.65. The Kier molecular flexibility index (Phi) is 8.66. The summed E-state index contributed by atoms with van der Waals surface area (Å²) in [5, 5.41) is 4.29. The number of hydrogen-bond acceptors (Lipinski definition) is 4. The van der Waals surface area contributed by atoms with Crippen molar-refractivity contribution in [3.63, 3.8) is 0 Å². The number of urea groups is 1. The Labute approximate surface area is 237 Å². The largest absolute Gasteiger partial charge is 0.490 e. The molecule has 4 rings (SSSR count). The molecule has 1 saturated heterocycles. The summed E-state index contributed by atoms with van der Waals surface area (Å²) >= 11 is 20.3. The van der Waals surface area contributed by atoms with Gasteiger partial charge in [0.15, 0.2) is 11.5 Å². The number of nitrogens with zero attached hydrogens (tertiary/aromatic N) is 1. The van der Waals surface area contributed by atoms with Crippen molar-refractivity contribution in [2.45, 2.75) is 20.1 Å². The third kappa shape index (κ3) is 6.26. The molecule has 0 atom stereocenters. The van der Waals surface area contributed by atoms with Crippen molar-refractivity contribution in [1.82, 2.24) is 10.2 Å². The highest BCUT2D eigenvalue weighted by molar-refractivity contribution is 14.1. The molecule has 0 saturated carbocycles. The number of ether oxygens (including phenoxy) is 2. The molecule has 0 radical (unpaired) electrons. The Bertz CT molecular complexity index is 1350. The quantitative estimate of drug-likeness (QED) is 0.157. The van der Waals surface area contributed by atoms with Gasteiger partial charge < -0.3 is 14.8 Å². The van der Waals surface area contributed by atoms with Crippen molar-refractivity contribution in [3.05, 3.63) is 95.6 Å². The van der Waals surface area contributed by atoms with E-state index in [1.165, 1.54) is 0 Å². The highest BCUT2D eigenvalue weighted by Crippen LogP contribution is 2.36. The summed E-state index contributed by atoms with van der Waals surface area (Å²) in [4.78, 5) is 26.6. The molecule has 1 heterocycles. The molecule has 1 fully saturated rings. The van der Waals surface area contributed by atoms with Gasteiger partial charge in [0.1, 0.15) is 12.3 Å². The van der Waals surface area contributed by atoms with Crippen LogP contribution in [0.3, 0.4) is 0 Å². The molecule has 6 nitrogen and oxygen atoms in total. The Morgan fingerprint density at radius 3 is 2.39 bits per heavy atom. The molecular formula is C26H20Cl3IN2O4. The molecule has 0 unspecified atom stereocenters. The highest BCUT2D eigenvalue weighted by atomic mass is 127. The molecule has 36 heavy (non-hydrogen) atoms. The van der Waals surface area contributed by atoms with E-state index in [4.69, 9.17) is 44.3 Å². The SMILES string of the molecule is CCOc1cc(/C=C2\NC(=O)N(Cc3ccc(Cl)cc3)C2=O)cc(I)c1OCc1ccc(Cl)cc1Cl. The van der Waals surface area contributed by atoms with Crippen LogP contribution in [0.25, 0.3) is 6.08 Å². The molecule has 10 heteroatoms. The lowest BCUT2D eigenvalue weighted by Crippen LogP contribution is -2.30. The van der Waals surface area contributed by atoms with Crippen molar-refractivity contribution in [3.8, 4) is 11.5 Å². The topological polar surface area (TPSA) is 67.9 Å². The average molecular weight is 658 g/mol. The van der Waals surface area contributed by atoms with E-state index in [1.54, 1.807) is 54.6 Å². The maximum atomic E-state index is 12.9. The van der Waals surface area contributed by atoms with Crippen LogP contribution in [0.4, 0.5) is 4.79 Å². The van der Waals surface area contributed by atoms with Crippen LogP contribution < -0.4 is 14.8 Å². The molecule has 3 aromatic rings. The summed E-state index contributed by atoms with van der Waals surface area (Å²) in [6, 6.07) is 15.3. The fourth-order valence-corrected chi connectivity index (χ4v) is 4.89. The van der Waals surface area contributed by atoms with Crippen molar-refractivity contribution in [1.29, 1.82) is 0 Å². The Morgan fingerprint density at radius 1 is 0.972 bits per heavy atom. The molecule has 1 aliphatic heterocycles. The van der Waals surface area contributed by atoms with E-state index in [1.807, 2.05) is 13.0 Å². The number of carbonyl (C=O) groups excluding carboxylic acids is 2. The Hall–Kier alpha value is -2.46. The lowest BCUT2D eigenvalue weighted by molar-refractivity contribution is -0.123. The summed E-state index contributed by atoms with van der Waals surface area (Å²) in [5.74, 6) is 0.647. The molecule has 0 spiro atoms. The zero-order valence-corrected chi connectivity index (χ0v) is 23.4. The Morgan fingerprint density at radius 2 is 1.69 bits per heavy atom. The predicted octanol–water partition coefficient (Wildman–Crippen LogP) is 7.32. The fourth-order valence-electron chi connectivity index (χ4n) is 3.52. The molecule has 0 bridgehead atoms. The van der Waals surface area contributed by atoms with Gasteiger partial charge in [0.05, 0.1) is 16.7 Å². The van der Waals surface area contributed by atoms with Crippen molar-refractivity contribution in [2.75, 3.05) is 6.61 Å². The first-order valence-electron chi connectivity index (χ1n) is 10.9. The number of rotatable bonds is 8. The monoisotopic (exact) mass is 656 g/mol. The first-order chi connectivity index (χ1) is 17.2. The van der Waals surface area contributed by atoms with Gasteiger partial charge in [-0.3, -0.25) is 9.69 Å². The number of halogens is 4. The second-order valence-electron chi connectivity index (χ2n) is 7.79. The van der Waals surface area contributed by atoms with Gasteiger partial charge in [-0.05, 0) is 83.1 Å². The van der Waals surface area contributed by atoms with Crippen LogP contribution in [0.1, 0.15) is 23.6 Å². The maximum Gasteiger partial charge on any atom is 0.329 e. The van der Waals surface area contributed by atoms with E-state index in [0.717, 1.165) is 19.6 Å². The van der Waals surface area contributed by atoms with Gasteiger partial charge in [-0.15, -0.1) is 0 Å². The first-order valence-corrected chi connectivity index (χ1v) is 13.1. The van der Waals surface area contributed by atoms with Crippen LogP contribution in [0, 0.1) is 3.57 Å². The molecule has 186 valence electrons. The normalized spacial score (nSPS) is 14.4. The predicted molar refractivity (Wildman–Crippen MR) is 150 cm³/mol.